The number of pyridine rings is 1. The van der Waals surface area contributed by atoms with Gasteiger partial charge in [0.05, 0.1) is 12.6 Å². The second kappa shape index (κ2) is 12.7. The lowest BCUT2D eigenvalue weighted by Crippen LogP contribution is -2.42. The summed E-state index contributed by atoms with van der Waals surface area (Å²) in [6.07, 6.45) is 4.34. The van der Waals surface area contributed by atoms with Gasteiger partial charge in [0.1, 0.15) is 17.4 Å². The Morgan fingerprint density at radius 1 is 1.24 bits per heavy atom. The van der Waals surface area contributed by atoms with Gasteiger partial charge in [0.15, 0.2) is 0 Å². The molecule has 3 aromatic rings. The number of carboxylic acids is 1. The van der Waals surface area contributed by atoms with Crippen LogP contribution in [0.25, 0.3) is 10.9 Å². The molecule has 2 aromatic carbocycles. The first-order chi connectivity index (χ1) is 17.8. The van der Waals surface area contributed by atoms with Crippen molar-refractivity contribution in [3.05, 3.63) is 65.9 Å². The van der Waals surface area contributed by atoms with Crippen molar-refractivity contribution in [2.45, 2.75) is 36.6 Å². The Morgan fingerprint density at radius 3 is 2.86 bits per heavy atom. The standard InChI is InChI=1S/C28H33F2N3O3S/c1-36-21-4-7-26-23(16-21)22(8-10-32-26)25(31)6-2-18-9-11-33(17-19(18)14-28(34)35)12-13-37-27-15-20(29)3-5-24(27)30/h3-5,7-8,10,15-16,18-19,25H,2,6,9,11-14,17,31H2,1H3,(H,34,35)/t18-,19+,25+/m1/s1. The molecule has 0 saturated carbocycles. The van der Waals surface area contributed by atoms with Crippen molar-refractivity contribution < 1.29 is 23.4 Å². The maximum atomic E-state index is 13.9. The SMILES string of the molecule is COc1ccc2nccc([C@@H](N)CC[C@@H]3CCN(CCSc4cc(F)ccc4F)C[C@@H]3CC(=O)O)c2c1. The summed E-state index contributed by atoms with van der Waals surface area (Å²) < 4.78 is 32.7. The van der Waals surface area contributed by atoms with Crippen molar-refractivity contribution in [2.75, 3.05) is 32.5 Å². The number of aromatic nitrogens is 1. The minimum atomic E-state index is -0.801. The van der Waals surface area contributed by atoms with E-state index in [2.05, 4.69) is 9.88 Å². The zero-order valence-corrected chi connectivity index (χ0v) is 21.7. The van der Waals surface area contributed by atoms with Gasteiger partial charge in [-0.05, 0) is 85.7 Å². The summed E-state index contributed by atoms with van der Waals surface area (Å²) in [5.74, 6) is -0.0495. The predicted molar refractivity (Wildman–Crippen MR) is 142 cm³/mol. The highest BCUT2D eigenvalue weighted by atomic mass is 32.2. The molecule has 1 saturated heterocycles. The quantitative estimate of drug-likeness (QED) is 0.317. The van der Waals surface area contributed by atoms with Crippen molar-refractivity contribution in [1.29, 1.82) is 0 Å². The summed E-state index contributed by atoms with van der Waals surface area (Å²) >= 11 is 1.28. The molecule has 0 radical (unpaired) electrons. The molecule has 0 amide bonds. The van der Waals surface area contributed by atoms with Crippen molar-refractivity contribution >= 4 is 28.6 Å². The van der Waals surface area contributed by atoms with E-state index in [0.29, 0.717) is 23.7 Å². The van der Waals surface area contributed by atoms with E-state index in [1.165, 1.54) is 17.8 Å². The number of hydrogen-bond acceptors (Lipinski definition) is 6. The van der Waals surface area contributed by atoms with Crippen LogP contribution >= 0.6 is 11.8 Å². The third-order valence-corrected chi connectivity index (χ3v) is 8.21. The van der Waals surface area contributed by atoms with Gasteiger partial charge in [0.2, 0.25) is 0 Å². The Hall–Kier alpha value is -2.75. The highest BCUT2D eigenvalue weighted by molar-refractivity contribution is 7.99. The summed E-state index contributed by atoms with van der Waals surface area (Å²) in [4.78, 5) is 18.6. The van der Waals surface area contributed by atoms with Gasteiger partial charge in [0.25, 0.3) is 0 Å². The topological polar surface area (TPSA) is 88.7 Å². The molecule has 1 aliphatic rings. The van der Waals surface area contributed by atoms with Crippen LogP contribution in [0.15, 0.2) is 53.6 Å². The zero-order valence-electron chi connectivity index (χ0n) is 20.9. The first-order valence-electron chi connectivity index (χ1n) is 12.5. The average molecular weight is 530 g/mol. The number of fused-ring (bicyclic) bond motifs is 1. The third kappa shape index (κ3) is 7.18. The van der Waals surface area contributed by atoms with Gasteiger partial charge < -0.3 is 20.5 Å². The molecular formula is C28H33F2N3O3S. The van der Waals surface area contributed by atoms with Crippen molar-refractivity contribution in [1.82, 2.24) is 9.88 Å². The normalized spacial score (nSPS) is 19.1. The van der Waals surface area contributed by atoms with Gasteiger partial charge in [0, 0.05) is 47.8 Å². The number of nitrogens with zero attached hydrogens (tertiary/aromatic N) is 2. The minimum Gasteiger partial charge on any atom is -0.497 e. The Morgan fingerprint density at radius 2 is 2.08 bits per heavy atom. The average Bonchev–Trinajstić information content (AvgIpc) is 2.89. The second-order valence-corrected chi connectivity index (χ2v) is 10.7. The Balaban J connectivity index is 1.35. The molecule has 0 spiro atoms. The summed E-state index contributed by atoms with van der Waals surface area (Å²) in [6, 6.07) is 11.0. The van der Waals surface area contributed by atoms with Crippen molar-refractivity contribution in [3.8, 4) is 5.75 Å². The van der Waals surface area contributed by atoms with Crippen LogP contribution in [0.2, 0.25) is 0 Å². The molecule has 198 valence electrons. The van der Waals surface area contributed by atoms with E-state index in [-0.39, 0.29) is 24.3 Å². The van der Waals surface area contributed by atoms with Crippen LogP contribution in [0.1, 0.15) is 37.3 Å². The number of piperidine rings is 1. The molecule has 0 bridgehead atoms. The van der Waals surface area contributed by atoms with Gasteiger partial charge in [-0.3, -0.25) is 9.78 Å². The zero-order chi connectivity index (χ0) is 26.4. The van der Waals surface area contributed by atoms with Crippen LogP contribution in [-0.2, 0) is 4.79 Å². The van der Waals surface area contributed by atoms with Crippen LogP contribution in [0, 0.1) is 23.5 Å². The molecule has 9 heteroatoms. The van der Waals surface area contributed by atoms with Crippen molar-refractivity contribution in [2.24, 2.45) is 17.6 Å². The summed E-state index contributed by atoms with van der Waals surface area (Å²) in [7, 11) is 1.63. The number of likely N-dealkylation sites (tertiary alicyclic amines) is 1. The van der Waals surface area contributed by atoms with Crippen molar-refractivity contribution in [3.63, 3.8) is 0 Å². The van der Waals surface area contributed by atoms with Gasteiger partial charge >= 0.3 is 5.97 Å². The van der Waals surface area contributed by atoms with Gasteiger partial charge in [-0.15, -0.1) is 11.8 Å². The highest BCUT2D eigenvalue weighted by Crippen LogP contribution is 2.34. The van der Waals surface area contributed by atoms with E-state index in [9.17, 15) is 18.7 Å². The van der Waals surface area contributed by atoms with Crippen LogP contribution in [-0.4, -0.2) is 53.5 Å². The monoisotopic (exact) mass is 529 g/mol. The first-order valence-corrected chi connectivity index (χ1v) is 13.5. The number of methoxy groups -OCH3 is 1. The number of carbonyl (C=O) groups is 1. The predicted octanol–water partition coefficient (Wildman–Crippen LogP) is 5.51. The molecule has 6 nitrogen and oxygen atoms in total. The maximum Gasteiger partial charge on any atom is 0.303 e. The number of rotatable bonds is 11. The number of nitrogens with two attached hydrogens (primary N) is 1. The van der Waals surface area contributed by atoms with E-state index in [1.54, 1.807) is 13.3 Å². The van der Waals surface area contributed by atoms with Gasteiger partial charge in [-0.1, -0.05) is 0 Å². The fourth-order valence-corrected chi connectivity index (χ4v) is 6.18. The fourth-order valence-electron chi connectivity index (χ4n) is 5.21. The highest BCUT2D eigenvalue weighted by Gasteiger charge is 2.31. The summed E-state index contributed by atoms with van der Waals surface area (Å²) in [5, 5.41) is 10.5. The largest absolute Gasteiger partial charge is 0.497 e. The molecule has 0 unspecified atom stereocenters. The molecule has 1 aliphatic heterocycles. The molecule has 3 N–H and O–H groups in total. The second-order valence-electron chi connectivity index (χ2n) is 9.60. The lowest BCUT2D eigenvalue weighted by Gasteiger charge is -2.38. The number of ether oxygens (including phenoxy) is 1. The lowest BCUT2D eigenvalue weighted by molar-refractivity contribution is -0.139. The molecule has 4 rings (SSSR count). The Bertz CT molecular complexity index is 1230. The van der Waals surface area contributed by atoms with E-state index < -0.39 is 17.6 Å². The minimum absolute atomic E-state index is 0.0173. The van der Waals surface area contributed by atoms with Crippen LogP contribution in [0.3, 0.4) is 0 Å². The maximum absolute atomic E-state index is 13.9. The summed E-state index contributed by atoms with van der Waals surface area (Å²) in [5.41, 5.74) is 8.51. The molecule has 2 heterocycles. The molecule has 37 heavy (non-hydrogen) atoms. The number of halogens is 2. The third-order valence-electron chi connectivity index (χ3n) is 7.20. The van der Waals surface area contributed by atoms with Crippen LogP contribution < -0.4 is 10.5 Å². The molecule has 1 aromatic heterocycles. The van der Waals surface area contributed by atoms with E-state index in [0.717, 1.165) is 60.2 Å². The molecule has 0 aliphatic carbocycles. The Kier molecular flexibility index (Phi) is 9.34. The van der Waals surface area contributed by atoms with Crippen LogP contribution in [0.5, 0.6) is 5.75 Å². The lowest BCUT2D eigenvalue weighted by atomic mass is 9.79. The molecular weight excluding hydrogens is 496 g/mol. The smallest absolute Gasteiger partial charge is 0.303 e. The number of aliphatic carboxylic acids is 1. The van der Waals surface area contributed by atoms with E-state index in [1.807, 2.05) is 24.3 Å². The van der Waals surface area contributed by atoms with Gasteiger partial charge in [-0.25, -0.2) is 8.78 Å². The Labute approximate surface area is 220 Å². The first kappa shape index (κ1) is 27.3. The number of benzene rings is 2. The van der Waals surface area contributed by atoms with Gasteiger partial charge in [-0.2, -0.15) is 0 Å². The molecule has 3 atom stereocenters. The number of carboxylic acid groups (broad SMARTS) is 1. The fraction of sp³-hybridized carbons (Fsp3) is 0.429. The molecule has 1 fully saturated rings. The van der Waals surface area contributed by atoms with E-state index in [4.69, 9.17) is 10.5 Å². The summed E-state index contributed by atoms with van der Waals surface area (Å²) in [6.45, 7) is 2.21. The van der Waals surface area contributed by atoms with Crippen LogP contribution in [0.4, 0.5) is 8.78 Å². The number of thioether (sulfide) groups is 1. The number of hydrogen-bond donors (Lipinski definition) is 2. The van der Waals surface area contributed by atoms with E-state index >= 15 is 0 Å².